The van der Waals surface area contributed by atoms with E-state index in [9.17, 15) is 10.2 Å². The average molecular weight is 313 g/mol. The van der Waals surface area contributed by atoms with Crippen molar-refractivity contribution in [3.8, 4) is 0 Å². The molecule has 0 saturated heterocycles. The zero-order chi connectivity index (χ0) is 15.9. The van der Waals surface area contributed by atoms with Crippen molar-refractivity contribution >= 4 is 0 Å². The summed E-state index contributed by atoms with van der Waals surface area (Å²) in [5, 5.41) is 20.5. The van der Waals surface area contributed by atoms with Gasteiger partial charge in [0, 0.05) is 24.8 Å². The lowest BCUT2D eigenvalue weighted by atomic mass is 10.2. The normalized spacial score (nSPS) is 22.7. The predicted octanol–water partition coefficient (Wildman–Crippen LogP) is 0.192. The maximum Gasteiger partial charge on any atom is 0.198 e. The molecule has 23 heavy (non-hydrogen) atoms. The maximum absolute atomic E-state index is 10.3. The van der Waals surface area contributed by atoms with Gasteiger partial charge in [-0.2, -0.15) is 0 Å². The highest BCUT2D eigenvalue weighted by atomic mass is 16.5. The molecule has 0 unspecified atom stereocenters. The number of hydrogen-bond donors (Lipinski definition) is 2. The van der Waals surface area contributed by atoms with Crippen molar-refractivity contribution in [1.29, 1.82) is 0 Å². The topological polar surface area (TPSA) is 66.3 Å². The highest BCUT2D eigenvalue weighted by Crippen LogP contribution is 2.22. The molecule has 0 aliphatic carbocycles. The third kappa shape index (κ3) is 3.25. The van der Waals surface area contributed by atoms with E-state index in [1.54, 1.807) is 9.80 Å². The van der Waals surface area contributed by atoms with Crippen LogP contribution in [0.4, 0.5) is 0 Å². The Morgan fingerprint density at radius 3 is 1.78 bits per heavy atom. The first-order chi connectivity index (χ1) is 11.1. The summed E-state index contributed by atoms with van der Waals surface area (Å²) in [4.78, 5) is 12.2. The van der Waals surface area contributed by atoms with E-state index in [0.717, 1.165) is 11.4 Å². The van der Waals surface area contributed by atoms with Crippen LogP contribution in [0.1, 0.15) is 11.4 Å². The van der Waals surface area contributed by atoms with Crippen LogP contribution in [0.2, 0.25) is 0 Å². The molecule has 3 aliphatic heterocycles. The lowest BCUT2D eigenvalue weighted by Crippen LogP contribution is -2.47. The molecule has 7 heteroatoms. The first kappa shape index (κ1) is 14.3. The summed E-state index contributed by atoms with van der Waals surface area (Å²) < 4.78 is 0. The standard InChI is InChI=1S/C16H19N5O2/c22-16(23)10-20-6-4-18(12-20)8-14-2-1-3-15(17-14)9-19-5-7-21(11-16)13-19/h1-7,12-13,22-23H,8-11H2. The van der Waals surface area contributed by atoms with Gasteiger partial charge in [0.1, 0.15) is 13.3 Å². The first-order valence-corrected chi connectivity index (χ1v) is 7.55. The van der Waals surface area contributed by atoms with Crippen molar-refractivity contribution in [2.24, 2.45) is 0 Å². The molecule has 2 N–H and O–H groups in total. The Morgan fingerprint density at radius 1 is 0.783 bits per heavy atom. The molecule has 4 heterocycles. The van der Waals surface area contributed by atoms with Crippen LogP contribution in [-0.4, -0.2) is 53.7 Å². The van der Waals surface area contributed by atoms with E-state index in [0.29, 0.717) is 13.1 Å². The van der Waals surface area contributed by atoms with Crippen LogP contribution < -0.4 is 0 Å². The van der Waals surface area contributed by atoms with Gasteiger partial charge in [0.05, 0.1) is 37.6 Å². The predicted molar refractivity (Wildman–Crippen MR) is 82.8 cm³/mol. The Balaban J connectivity index is 1.60. The smallest absolute Gasteiger partial charge is 0.198 e. The van der Waals surface area contributed by atoms with Crippen molar-refractivity contribution < 1.29 is 10.2 Å². The molecular weight excluding hydrogens is 294 g/mol. The van der Waals surface area contributed by atoms with Gasteiger partial charge in [-0.15, -0.1) is 0 Å². The quantitative estimate of drug-likeness (QED) is 0.663. The molecule has 2 radical (unpaired) electrons. The fourth-order valence-electron chi connectivity index (χ4n) is 2.97. The molecule has 3 aliphatic rings. The van der Waals surface area contributed by atoms with Crippen LogP contribution in [0.3, 0.4) is 0 Å². The Hall–Kier alpha value is -2.25. The minimum atomic E-state index is -1.82. The van der Waals surface area contributed by atoms with Gasteiger partial charge in [0.2, 0.25) is 0 Å². The van der Waals surface area contributed by atoms with Gasteiger partial charge >= 0.3 is 0 Å². The molecular formula is C16H19N5O2. The zero-order valence-electron chi connectivity index (χ0n) is 12.7. The van der Waals surface area contributed by atoms with Crippen molar-refractivity contribution in [2.75, 3.05) is 13.1 Å². The lowest BCUT2D eigenvalue weighted by Gasteiger charge is -2.32. The molecule has 0 spiro atoms. The third-order valence-corrected chi connectivity index (χ3v) is 3.92. The maximum atomic E-state index is 10.3. The minimum Gasteiger partial charge on any atom is -0.363 e. The van der Waals surface area contributed by atoms with Crippen LogP contribution in [0, 0.1) is 13.3 Å². The van der Waals surface area contributed by atoms with E-state index >= 15 is 0 Å². The molecule has 1 aromatic heterocycles. The van der Waals surface area contributed by atoms with Crippen LogP contribution in [0.5, 0.6) is 0 Å². The van der Waals surface area contributed by atoms with E-state index in [4.69, 9.17) is 4.98 Å². The second kappa shape index (κ2) is 5.43. The molecule has 0 saturated carbocycles. The Bertz CT molecular complexity index is 596. The number of aliphatic hydroxyl groups is 2. The van der Waals surface area contributed by atoms with E-state index < -0.39 is 5.79 Å². The summed E-state index contributed by atoms with van der Waals surface area (Å²) in [5.74, 6) is -1.82. The van der Waals surface area contributed by atoms with Gasteiger partial charge in [-0.25, -0.2) is 0 Å². The summed E-state index contributed by atoms with van der Waals surface area (Å²) in [6, 6.07) is 6.01. The molecule has 1 aromatic rings. The summed E-state index contributed by atoms with van der Waals surface area (Å²) in [7, 11) is 0. The number of aromatic nitrogens is 1. The molecule has 0 fully saturated rings. The van der Waals surface area contributed by atoms with Crippen LogP contribution >= 0.6 is 0 Å². The second-order valence-corrected chi connectivity index (χ2v) is 6.12. The van der Waals surface area contributed by atoms with E-state index in [-0.39, 0.29) is 13.1 Å². The monoisotopic (exact) mass is 313 g/mol. The van der Waals surface area contributed by atoms with Gasteiger partial charge in [-0.3, -0.25) is 4.98 Å². The molecule has 0 atom stereocenters. The van der Waals surface area contributed by atoms with Crippen molar-refractivity contribution in [1.82, 2.24) is 24.6 Å². The highest BCUT2D eigenvalue weighted by molar-refractivity contribution is 5.14. The minimum absolute atomic E-state index is 0.103. The molecule has 0 amide bonds. The van der Waals surface area contributed by atoms with Gasteiger partial charge < -0.3 is 29.8 Å². The Kier molecular flexibility index (Phi) is 3.39. The highest BCUT2D eigenvalue weighted by Gasteiger charge is 2.31. The van der Waals surface area contributed by atoms with Crippen molar-refractivity contribution in [2.45, 2.75) is 18.9 Å². The summed E-state index contributed by atoms with van der Waals surface area (Å²) >= 11 is 0. The van der Waals surface area contributed by atoms with Crippen LogP contribution in [0.15, 0.2) is 43.0 Å². The van der Waals surface area contributed by atoms with Gasteiger partial charge in [-0.05, 0) is 12.1 Å². The summed E-state index contributed by atoms with van der Waals surface area (Å²) in [5.41, 5.74) is 1.95. The number of fused-ring (bicyclic) bond motifs is 6. The number of hydrogen-bond acceptors (Lipinski definition) is 7. The van der Waals surface area contributed by atoms with Gasteiger partial charge in [0.25, 0.3) is 0 Å². The summed E-state index contributed by atoms with van der Waals surface area (Å²) in [6.07, 6.45) is 7.49. The fourth-order valence-corrected chi connectivity index (χ4v) is 2.97. The van der Waals surface area contributed by atoms with E-state index in [1.807, 2.05) is 66.1 Å². The number of rotatable bonds is 0. The molecule has 6 bridgehead atoms. The van der Waals surface area contributed by atoms with E-state index in [1.165, 1.54) is 0 Å². The van der Waals surface area contributed by atoms with Crippen molar-refractivity contribution in [3.05, 3.63) is 67.7 Å². The van der Waals surface area contributed by atoms with Crippen LogP contribution in [-0.2, 0) is 13.1 Å². The first-order valence-electron chi connectivity index (χ1n) is 7.55. The van der Waals surface area contributed by atoms with Crippen molar-refractivity contribution in [3.63, 3.8) is 0 Å². The van der Waals surface area contributed by atoms with Gasteiger partial charge in [-0.1, -0.05) is 6.07 Å². The Morgan fingerprint density at radius 2 is 1.26 bits per heavy atom. The second-order valence-electron chi connectivity index (χ2n) is 6.12. The number of pyridine rings is 1. The zero-order valence-corrected chi connectivity index (χ0v) is 12.7. The summed E-state index contributed by atoms with van der Waals surface area (Å²) in [6.45, 7) is 5.22. The molecule has 0 aromatic carbocycles. The Labute approximate surface area is 135 Å². The van der Waals surface area contributed by atoms with Crippen LogP contribution in [0.25, 0.3) is 0 Å². The average Bonchev–Trinajstić information content (AvgIpc) is 3.07. The molecule has 120 valence electrons. The van der Waals surface area contributed by atoms with E-state index in [2.05, 4.69) is 0 Å². The molecule has 4 rings (SSSR count). The third-order valence-electron chi connectivity index (χ3n) is 3.92. The van der Waals surface area contributed by atoms with Gasteiger partial charge in [0.15, 0.2) is 5.79 Å². The fraction of sp³-hybridized carbons (Fsp3) is 0.312. The number of nitrogens with zero attached hydrogens (tertiary/aromatic N) is 5. The SMILES string of the molecule is OC1(O)CN2[CH]N(C=C2)Cc2cccc(n2)CN2[CH]N(C=C2)C1. The lowest BCUT2D eigenvalue weighted by molar-refractivity contribution is -0.174. The largest absolute Gasteiger partial charge is 0.363 e. The molecule has 7 nitrogen and oxygen atoms in total.